The fourth-order valence-corrected chi connectivity index (χ4v) is 4.35. The Balaban J connectivity index is 1.66. The maximum Gasteiger partial charge on any atom is 0.0818 e. The average Bonchev–Trinajstić information content (AvgIpc) is 2.94. The van der Waals surface area contributed by atoms with Crippen LogP contribution in [0.4, 0.5) is 0 Å². The van der Waals surface area contributed by atoms with Crippen molar-refractivity contribution in [3.05, 3.63) is 35.4 Å². The number of rotatable bonds is 3. The molecule has 20 heavy (non-hydrogen) atoms. The van der Waals surface area contributed by atoms with E-state index in [1.807, 2.05) is 0 Å². The maximum absolute atomic E-state index is 10.5. The van der Waals surface area contributed by atoms with E-state index in [1.54, 1.807) is 0 Å². The number of hydrogen-bond acceptors (Lipinski definition) is 2. The van der Waals surface area contributed by atoms with E-state index in [1.165, 1.54) is 56.9 Å². The Hall–Kier alpha value is -0.470. The van der Waals surface area contributed by atoms with Gasteiger partial charge in [-0.25, -0.2) is 0 Å². The van der Waals surface area contributed by atoms with Gasteiger partial charge in [-0.3, -0.25) is 0 Å². The molecule has 3 unspecified atom stereocenters. The van der Waals surface area contributed by atoms with E-state index in [9.17, 15) is 5.11 Å². The Labute approximate surface area is 128 Å². The van der Waals surface area contributed by atoms with E-state index in [2.05, 4.69) is 36.9 Å². The molecule has 1 nitrogen and oxygen atoms in total. The Morgan fingerprint density at radius 1 is 0.950 bits per heavy atom. The van der Waals surface area contributed by atoms with Crippen LogP contribution in [0.5, 0.6) is 0 Å². The lowest BCUT2D eigenvalue weighted by Crippen LogP contribution is -2.15. The number of aliphatic hydroxyl groups excluding tert-OH is 1. The Kier molecular flexibility index (Phi) is 4.72. The smallest absolute Gasteiger partial charge is 0.0818 e. The molecular formula is C18H26OS. The summed E-state index contributed by atoms with van der Waals surface area (Å²) in [5.74, 6) is 1.15. The van der Waals surface area contributed by atoms with E-state index >= 15 is 0 Å². The summed E-state index contributed by atoms with van der Waals surface area (Å²) in [5, 5.41) is 11.1. The average molecular weight is 290 g/mol. The van der Waals surface area contributed by atoms with Gasteiger partial charge >= 0.3 is 0 Å². The lowest BCUT2D eigenvalue weighted by Gasteiger charge is -2.27. The third kappa shape index (κ3) is 3.23. The quantitative estimate of drug-likeness (QED) is 0.761. The summed E-state index contributed by atoms with van der Waals surface area (Å²) >= 11 is 4.58. The van der Waals surface area contributed by atoms with Crippen LogP contribution in [0.2, 0.25) is 0 Å². The molecule has 110 valence electrons. The molecular weight excluding hydrogens is 264 g/mol. The highest BCUT2D eigenvalue weighted by atomic mass is 32.1. The first-order chi connectivity index (χ1) is 9.74. The molecule has 2 fully saturated rings. The lowest BCUT2D eigenvalue weighted by molar-refractivity contribution is 0.0848. The summed E-state index contributed by atoms with van der Waals surface area (Å²) in [4.78, 5) is 0. The van der Waals surface area contributed by atoms with E-state index in [0.717, 1.165) is 5.56 Å². The van der Waals surface area contributed by atoms with Gasteiger partial charge in [0.05, 0.1) is 6.10 Å². The number of benzene rings is 1. The Bertz CT molecular complexity index is 422. The van der Waals surface area contributed by atoms with E-state index < -0.39 is 0 Å². The highest BCUT2D eigenvalue weighted by Crippen LogP contribution is 2.38. The van der Waals surface area contributed by atoms with Crippen molar-refractivity contribution < 1.29 is 5.11 Å². The molecule has 2 aliphatic carbocycles. The van der Waals surface area contributed by atoms with Gasteiger partial charge in [0.25, 0.3) is 0 Å². The zero-order valence-electron chi connectivity index (χ0n) is 12.2. The van der Waals surface area contributed by atoms with Crippen LogP contribution >= 0.6 is 12.6 Å². The Morgan fingerprint density at radius 3 is 2.25 bits per heavy atom. The van der Waals surface area contributed by atoms with Gasteiger partial charge < -0.3 is 5.11 Å². The summed E-state index contributed by atoms with van der Waals surface area (Å²) in [6, 6.07) is 8.77. The second-order valence-corrected chi connectivity index (χ2v) is 7.40. The number of thiol groups is 1. The monoisotopic (exact) mass is 290 g/mol. The maximum atomic E-state index is 10.5. The minimum atomic E-state index is -0.259. The first kappa shape index (κ1) is 14.5. The molecule has 0 amide bonds. The van der Waals surface area contributed by atoms with Crippen molar-refractivity contribution in [3.63, 3.8) is 0 Å². The molecule has 1 aromatic carbocycles. The molecule has 3 rings (SSSR count). The highest BCUT2D eigenvalue weighted by Gasteiger charge is 2.25. The van der Waals surface area contributed by atoms with Gasteiger partial charge in [0.15, 0.2) is 0 Å². The van der Waals surface area contributed by atoms with Crippen molar-refractivity contribution in [3.8, 4) is 0 Å². The first-order valence-corrected chi connectivity index (χ1v) is 8.71. The number of aliphatic hydroxyl groups is 1. The normalized spacial score (nSPS) is 29.5. The SMILES string of the molecule is OC(c1ccc(C2CCC(S)C2)cc1)C1CCCCC1. The largest absolute Gasteiger partial charge is 0.388 e. The number of hydrogen-bond donors (Lipinski definition) is 2. The van der Waals surface area contributed by atoms with Crippen LogP contribution < -0.4 is 0 Å². The van der Waals surface area contributed by atoms with Crippen LogP contribution in [-0.2, 0) is 0 Å². The van der Waals surface area contributed by atoms with Crippen molar-refractivity contribution in [2.24, 2.45) is 5.92 Å². The van der Waals surface area contributed by atoms with Gasteiger partial charge in [0, 0.05) is 5.25 Å². The fraction of sp³-hybridized carbons (Fsp3) is 0.667. The fourth-order valence-electron chi connectivity index (χ4n) is 3.95. The van der Waals surface area contributed by atoms with E-state index in [4.69, 9.17) is 0 Å². The topological polar surface area (TPSA) is 20.2 Å². The van der Waals surface area contributed by atoms with Crippen LogP contribution in [0.15, 0.2) is 24.3 Å². The van der Waals surface area contributed by atoms with Crippen LogP contribution in [0, 0.1) is 5.92 Å². The zero-order valence-corrected chi connectivity index (χ0v) is 13.1. The summed E-state index contributed by atoms with van der Waals surface area (Å²) < 4.78 is 0. The third-order valence-electron chi connectivity index (χ3n) is 5.25. The first-order valence-electron chi connectivity index (χ1n) is 8.20. The van der Waals surface area contributed by atoms with Gasteiger partial charge in [-0.05, 0) is 55.1 Å². The van der Waals surface area contributed by atoms with Gasteiger partial charge in [0.1, 0.15) is 0 Å². The van der Waals surface area contributed by atoms with Crippen molar-refractivity contribution in [1.82, 2.24) is 0 Å². The second kappa shape index (κ2) is 6.53. The van der Waals surface area contributed by atoms with Crippen molar-refractivity contribution >= 4 is 12.6 Å². The van der Waals surface area contributed by atoms with Gasteiger partial charge in [-0.1, -0.05) is 43.5 Å². The van der Waals surface area contributed by atoms with Crippen molar-refractivity contribution in [2.75, 3.05) is 0 Å². The predicted molar refractivity (Wildman–Crippen MR) is 87.3 cm³/mol. The molecule has 0 spiro atoms. The van der Waals surface area contributed by atoms with Crippen LogP contribution in [-0.4, -0.2) is 10.4 Å². The molecule has 3 atom stereocenters. The van der Waals surface area contributed by atoms with Gasteiger partial charge in [0.2, 0.25) is 0 Å². The molecule has 2 aliphatic rings. The predicted octanol–water partition coefficient (Wildman–Crippen LogP) is 4.87. The molecule has 0 saturated heterocycles. The molecule has 2 heteroatoms. The zero-order chi connectivity index (χ0) is 13.9. The summed E-state index contributed by atoms with van der Waals surface area (Å²) in [7, 11) is 0. The standard InChI is InChI=1S/C18H26OS/c19-18(14-4-2-1-3-5-14)15-8-6-13(7-9-15)16-10-11-17(20)12-16/h6-9,14,16-20H,1-5,10-12H2. The van der Waals surface area contributed by atoms with Crippen LogP contribution in [0.3, 0.4) is 0 Å². The highest BCUT2D eigenvalue weighted by molar-refractivity contribution is 7.80. The third-order valence-corrected chi connectivity index (χ3v) is 5.72. The van der Waals surface area contributed by atoms with Crippen LogP contribution in [0.1, 0.15) is 74.5 Å². The van der Waals surface area contributed by atoms with Crippen molar-refractivity contribution in [2.45, 2.75) is 68.6 Å². The molecule has 1 aromatic rings. The molecule has 0 radical (unpaired) electrons. The van der Waals surface area contributed by atoms with E-state index in [-0.39, 0.29) is 6.10 Å². The molecule has 1 N–H and O–H groups in total. The van der Waals surface area contributed by atoms with Gasteiger partial charge in [-0.15, -0.1) is 0 Å². The van der Waals surface area contributed by atoms with Gasteiger partial charge in [-0.2, -0.15) is 12.6 Å². The second-order valence-electron chi connectivity index (χ2n) is 6.67. The minimum absolute atomic E-state index is 0.259. The summed E-state index contributed by atoms with van der Waals surface area (Å²) in [6.07, 6.45) is 9.72. The molecule has 0 aliphatic heterocycles. The molecule has 2 saturated carbocycles. The minimum Gasteiger partial charge on any atom is -0.388 e. The molecule has 0 bridgehead atoms. The molecule has 0 heterocycles. The van der Waals surface area contributed by atoms with Crippen molar-refractivity contribution in [1.29, 1.82) is 0 Å². The summed E-state index contributed by atoms with van der Waals surface area (Å²) in [5.41, 5.74) is 2.54. The van der Waals surface area contributed by atoms with Crippen LogP contribution in [0.25, 0.3) is 0 Å². The lowest BCUT2D eigenvalue weighted by atomic mass is 9.82. The Morgan fingerprint density at radius 2 is 1.65 bits per heavy atom. The summed E-state index contributed by atoms with van der Waals surface area (Å²) in [6.45, 7) is 0. The van der Waals surface area contributed by atoms with E-state index in [0.29, 0.717) is 17.1 Å². The molecule has 0 aromatic heterocycles.